The van der Waals surface area contributed by atoms with Crippen molar-refractivity contribution >= 4 is 22.9 Å². The summed E-state index contributed by atoms with van der Waals surface area (Å²) in [5.41, 5.74) is 6.35. The summed E-state index contributed by atoms with van der Waals surface area (Å²) in [4.78, 5) is 3.69. The Hall–Kier alpha value is -0.0900. The molecule has 1 aromatic rings. The SMILES string of the molecule is CCC(N)C(c1ccc(Cl)s1)N(C)C(C)CC(C)C. The molecule has 4 heteroatoms. The van der Waals surface area contributed by atoms with E-state index in [1.54, 1.807) is 11.3 Å². The van der Waals surface area contributed by atoms with Crippen LogP contribution < -0.4 is 5.73 Å². The van der Waals surface area contributed by atoms with Crippen LogP contribution in [0.3, 0.4) is 0 Å². The molecule has 0 radical (unpaired) electrons. The second kappa shape index (κ2) is 7.63. The van der Waals surface area contributed by atoms with E-state index >= 15 is 0 Å². The largest absolute Gasteiger partial charge is 0.326 e. The topological polar surface area (TPSA) is 29.3 Å². The lowest BCUT2D eigenvalue weighted by atomic mass is 9.98. The van der Waals surface area contributed by atoms with Gasteiger partial charge in [0.15, 0.2) is 0 Å². The number of thiophene rings is 1. The summed E-state index contributed by atoms with van der Waals surface area (Å²) in [6.45, 7) is 8.96. The molecule has 3 atom stereocenters. The summed E-state index contributed by atoms with van der Waals surface area (Å²) in [5, 5.41) is 0. The van der Waals surface area contributed by atoms with Gasteiger partial charge < -0.3 is 5.73 Å². The zero-order chi connectivity index (χ0) is 14.6. The van der Waals surface area contributed by atoms with Gasteiger partial charge in [-0.25, -0.2) is 0 Å². The monoisotopic (exact) mass is 302 g/mol. The summed E-state index contributed by atoms with van der Waals surface area (Å²) in [7, 11) is 2.18. The van der Waals surface area contributed by atoms with E-state index in [1.807, 2.05) is 6.07 Å². The predicted molar refractivity (Wildman–Crippen MR) is 87.0 cm³/mol. The van der Waals surface area contributed by atoms with Gasteiger partial charge in [0, 0.05) is 17.0 Å². The summed E-state index contributed by atoms with van der Waals surface area (Å²) in [6.07, 6.45) is 2.15. The van der Waals surface area contributed by atoms with E-state index in [0.717, 1.165) is 10.8 Å². The fourth-order valence-electron chi connectivity index (χ4n) is 2.55. The first kappa shape index (κ1) is 17.0. The van der Waals surface area contributed by atoms with E-state index in [0.29, 0.717) is 12.0 Å². The van der Waals surface area contributed by atoms with Crippen molar-refractivity contribution in [2.75, 3.05) is 7.05 Å². The van der Waals surface area contributed by atoms with E-state index < -0.39 is 0 Å². The Morgan fingerprint density at radius 3 is 2.37 bits per heavy atom. The minimum absolute atomic E-state index is 0.148. The Morgan fingerprint density at radius 1 is 1.32 bits per heavy atom. The molecule has 0 saturated carbocycles. The number of rotatable bonds is 7. The zero-order valence-corrected chi connectivity index (χ0v) is 14.3. The Balaban J connectivity index is 2.91. The fraction of sp³-hybridized carbons (Fsp3) is 0.733. The maximum absolute atomic E-state index is 6.35. The van der Waals surface area contributed by atoms with Crippen LogP contribution in [0.15, 0.2) is 12.1 Å². The van der Waals surface area contributed by atoms with Gasteiger partial charge in [-0.2, -0.15) is 0 Å². The first-order valence-electron chi connectivity index (χ1n) is 7.09. The Labute approximate surface area is 126 Å². The highest BCUT2D eigenvalue weighted by molar-refractivity contribution is 7.16. The van der Waals surface area contributed by atoms with E-state index in [1.165, 1.54) is 11.3 Å². The Morgan fingerprint density at radius 2 is 1.95 bits per heavy atom. The van der Waals surface area contributed by atoms with Crippen LogP contribution in [0, 0.1) is 5.92 Å². The molecule has 0 aromatic carbocycles. The molecule has 0 bridgehead atoms. The van der Waals surface area contributed by atoms with Crippen molar-refractivity contribution in [3.05, 3.63) is 21.3 Å². The van der Waals surface area contributed by atoms with E-state index in [9.17, 15) is 0 Å². The van der Waals surface area contributed by atoms with Crippen molar-refractivity contribution in [1.82, 2.24) is 4.90 Å². The number of nitrogens with zero attached hydrogens (tertiary/aromatic N) is 1. The normalized spacial score (nSPS) is 16.9. The minimum Gasteiger partial charge on any atom is -0.326 e. The van der Waals surface area contributed by atoms with Crippen LogP contribution in [0.2, 0.25) is 4.34 Å². The molecule has 0 aliphatic carbocycles. The predicted octanol–water partition coefficient (Wildman–Crippen LogP) is 4.55. The molecule has 0 saturated heterocycles. The first-order chi connectivity index (χ1) is 8.86. The summed E-state index contributed by atoms with van der Waals surface area (Å²) < 4.78 is 0.841. The Bertz CT molecular complexity index is 378. The molecule has 0 amide bonds. The van der Waals surface area contributed by atoms with Crippen molar-refractivity contribution in [3.63, 3.8) is 0 Å². The van der Waals surface area contributed by atoms with Crippen LogP contribution in [0.25, 0.3) is 0 Å². The summed E-state index contributed by atoms with van der Waals surface area (Å²) in [5.74, 6) is 0.697. The van der Waals surface area contributed by atoms with Crippen molar-refractivity contribution in [2.45, 2.75) is 58.7 Å². The molecule has 1 heterocycles. The van der Waals surface area contributed by atoms with Gasteiger partial charge in [-0.05, 0) is 44.9 Å². The van der Waals surface area contributed by atoms with Crippen molar-refractivity contribution in [2.24, 2.45) is 11.7 Å². The van der Waals surface area contributed by atoms with E-state index in [-0.39, 0.29) is 12.1 Å². The average Bonchev–Trinajstić information content (AvgIpc) is 2.74. The van der Waals surface area contributed by atoms with Gasteiger partial charge in [-0.15, -0.1) is 11.3 Å². The number of hydrogen-bond acceptors (Lipinski definition) is 3. The van der Waals surface area contributed by atoms with Gasteiger partial charge in [0.2, 0.25) is 0 Å². The molecule has 2 nitrogen and oxygen atoms in total. The molecule has 0 fully saturated rings. The first-order valence-corrected chi connectivity index (χ1v) is 8.29. The van der Waals surface area contributed by atoms with Crippen molar-refractivity contribution in [3.8, 4) is 0 Å². The van der Waals surface area contributed by atoms with Gasteiger partial charge in [0.1, 0.15) is 0 Å². The lowest BCUT2D eigenvalue weighted by Crippen LogP contribution is -2.43. The molecule has 0 spiro atoms. The van der Waals surface area contributed by atoms with Crippen molar-refractivity contribution < 1.29 is 0 Å². The van der Waals surface area contributed by atoms with Crippen LogP contribution in [0.1, 0.15) is 51.5 Å². The third kappa shape index (κ3) is 4.75. The number of halogens is 1. The lowest BCUT2D eigenvalue weighted by Gasteiger charge is -2.36. The quantitative estimate of drug-likeness (QED) is 0.801. The maximum Gasteiger partial charge on any atom is 0.0931 e. The molecular formula is C15H27ClN2S. The number of likely N-dealkylation sites (N-methyl/N-ethyl adjacent to an activating group) is 1. The van der Waals surface area contributed by atoms with Crippen LogP contribution in [-0.2, 0) is 0 Å². The molecule has 110 valence electrons. The highest BCUT2D eigenvalue weighted by Gasteiger charge is 2.27. The standard InChI is InChI=1S/C15H27ClN2S/c1-6-12(17)15(13-7-8-14(16)19-13)18(5)11(4)9-10(2)3/h7-8,10-12,15H,6,9,17H2,1-5H3. The zero-order valence-electron chi connectivity index (χ0n) is 12.7. The average molecular weight is 303 g/mol. The minimum atomic E-state index is 0.148. The second-order valence-electron chi connectivity index (χ2n) is 5.80. The van der Waals surface area contributed by atoms with E-state index in [2.05, 4.69) is 45.7 Å². The molecule has 1 rings (SSSR count). The Kier molecular flexibility index (Phi) is 6.81. The van der Waals surface area contributed by atoms with E-state index in [4.69, 9.17) is 17.3 Å². The smallest absolute Gasteiger partial charge is 0.0931 e. The lowest BCUT2D eigenvalue weighted by molar-refractivity contribution is 0.144. The molecule has 2 N–H and O–H groups in total. The fourth-order valence-corrected chi connectivity index (χ4v) is 3.84. The van der Waals surface area contributed by atoms with Crippen LogP contribution in [-0.4, -0.2) is 24.0 Å². The molecule has 0 aliphatic rings. The second-order valence-corrected chi connectivity index (χ2v) is 7.55. The summed E-state index contributed by atoms with van der Waals surface area (Å²) in [6, 6.07) is 5.01. The third-order valence-corrected chi connectivity index (χ3v) is 5.01. The van der Waals surface area contributed by atoms with Gasteiger partial charge in [-0.1, -0.05) is 32.4 Å². The molecular weight excluding hydrogens is 276 g/mol. The van der Waals surface area contributed by atoms with Gasteiger partial charge in [0.05, 0.1) is 10.4 Å². The number of hydrogen-bond donors (Lipinski definition) is 1. The van der Waals surface area contributed by atoms with Crippen molar-refractivity contribution in [1.29, 1.82) is 0 Å². The summed E-state index contributed by atoms with van der Waals surface area (Å²) >= 11 is 7.73. The van der Waals surface area contributed by atoms with Gasteiger partial charge in [-0.3, -0.25) is 4.90 Å². The van der Waals surface area contributed by atoms with Crippen LogP contribution in [0.5, 0.6) is 0 Å². The highest BCUT2D eigenvalue weighted by atomic mass is 35.5. The highest BCUT2D eigenvalue weighted by Crippen LogP contribution is 2.34. The van der Waals surface area contributed by atoms with Gasteiger partial charge in [0.25, 0.3) is 0 Å². The van der Waals surface area contributed by atoms with Gasteiger partial charge >= 0.3 is 0 Å². The maximum atomic E-state index is 6.35. The third-order valence-electron chi connectivity index (χ3n) is 3.71. The molecule has 1 aromatic heterocycles. The van der Waals surface area contributed by atoms with Crippen LogP contribution in [0.4, 0.5) is 0 Å². The number of nitrogens with two attached hydrogens (primary N) is 1. The molecule has 0 aliphatic heterocycles. The molecule has 3 unspecified atom stereocenters. The van der Waals surface area contributed by atoms with Crippen LogP contribution >= 0.6 is 22.9 Å². The molecule has 19 heavy (non-hydrogen) atoms.